The molecule has 1 aromatic carbocycles. The van der Waals surface area contributed by atoms with Crippen molar-refractivity contribution in [3.8, 4) is 0 Å². The Kier molecular flexibility index (Phi) is 5.01. The van der Waals surface area contributed by atoms with Crippen LogP contribution in [0.2, 0.25) is 0 Å². The van der Waals surface area contributed by atoms with Gasteiger partial charge in [-0.05, 0) is 50.6 Å². The number of anilines is 1. The summed E-state index contributed by atoms with van der Waals surface area (Å²) in [6.45, 7) is 6.93. The van der Waals surface area contributed by atoms with E-state index in [2.05, 4.69) is 36.4 Å². The summed E-state index contributed by atoms with van der Waals surface area (Å²) in [5.74, 6) is 0.0252. The summed E-state index contributed by atoms with van der Waals surface area (Å²) in [6.07, 6.45) is 2.13. The van der Waals surface area contributed by atoms with Gasteiger partial charge >= 0.3 is 0 Å². The lowest BCUT2D eigenvalue weighted by atomic mass is 10.1. The van der Waals surface area contributed by atoms with Gasteiger partial charge in [-0.15, -0.1) is 0 Å². The van der Waals surface area contributed by atoms with Gasteiger partial charge in [-0.3, -0.25) is 4.79 Å². The smallest absolute Gasteiger partial charge is 0.251 e. The molecule has 1 heterocycles. The van der Waals surface area contributed by atoms with Gasteiger partial charge in [0.05, 0.1) is 0 Å². The van der Waals surface area contributed by atoms with E-state index in [1.54, 1.807) is 0 Å². The van der Waals surface area contributed by atoms with Gasteiger partial charge in [0.2, 0.25) is 0 Å². The first-order valence-corrected chi connectivity index (χ1v) is 7.47. The second kappa shape index (κ2) is 6.75. The third-order valence-corrected chi connectivity index (χ3v) is 4.17. The van der Waals surface area contributed by atoms with Crippen LogP contribution in [0.4, 0.5) is 5.69 Å². The monoisotopic (exact) mass is 275 g/mol. The minimum atomic E-state index is 0.0252. The molecule has 0 saturated heterocycles. The van der Waals surface area contributed by atoms with Crippen molar-refractivity contribution in [2.45, 2.75) is 32.7 Å². The minimum absolute atomic E-state index is 0.0252. The van der Waals surface area contributed by atoms with Crippen LogP contribution < -0.4 is 10.6 Å². The molecule has 0 bridgehead atoms. The van der Waals surface area contributed by atoms with Crippen LogP contribution in [0.1, 0.15) is 36.2 Å². The van der Waals surface area contributed by atoms with E-state index >= 15 is 0 Å². The summed E-state index contributed by atoms with van der Waals surface area (Å²) in [4.78, 5) is 14.4. The molecule has 2 rings (SSSR count). The number of carbonyl (C=O) groups excluding carboxylic acids is 1. The van der Waals surface area contributed by atoms with E-state index in [0.717, 1.165) is 37.2 Å². The summed E-state index contributed by atoms with van der Waals surface area (Å²) in [7, 11) is 2.10. The number of likely N-dealkylation sites (N-methyl/N-ethyl adjacent to an activating group) is 1. The minimum Gasteiger partial charge on any atom is -0.384 e. The van der Waals surface area contributed by atoms with Crippen LogP contribution in [0.25, 0.3) is 0 Å². The molecule has 110 valence electrons. The lowest BCUT2D eigenvalue weighted by molar-refractivity contribution is 0.0947. The Morgan fingerprint density at radius 2 is 2.30 bits per heavy atom. The standard InChI is InChI=1S/C16H25N3O/c1-4-12(2)19(3)10-9-18-16(20)14-5-6-15-13(11-14)7-8-17-15/h5-6,11-12,17H,4,7-10H2,1-3H3,(H,18,20). The number of amides is 1. The Morgan fingerprint density at radius 1 is 1.50 bits per heavy atom. The SMILES string of the molecule is CCC(C)N(C)CCNC(=O)c1ccc2c(c1)CCN2. The van der Waals surface area contributed by atoms with Crippen LogP contribution >= 0.6 is 0 Å². The molecule has 0 aliphatic carbocycles. The molecule has 2 N–H and O–H groups in total. The van der Waals surface area contributed by atoms with E-state index in [1.165, 1.54) is 5.56 Å². The van der Waals surface area contributed by atoms with Gasteiger partial charge in [-0.1, -0.05) is 6.92 Å². The zero-order chi connectivity index (χ0) is 14.5. The third-order valence-electron chi connectivity index (χ3n) is 4.17. The fraction of sp³-hybridized carbons (Fsp3) is 0.562. The summed E-state index contributed by atoms with van der Waals surface area (Å²) in [6, 6.07) is 6.45. The highest BCUT2D eigenvalue weighted by atomic mass is 16.1. The molecular weight excluding hydrogens is 250 g/mol. The summed E-state index contributed by atoms with van der Waals surface area (Å²) in [5, 5.41) is 6.30. The highest BCUT2D eigenvalue weighted by Gasteiger charge is 2.13. The molecule has 1 unspecified atom stereocenters. The first-order valence-electron chi connectivity index (χ1n) is 7.47. The Balaban J connectivity index is 1.83. The van der Waals surface area contributed by atoms with Crippen LogP contribution in [0.5, 0.6) is 0 Å². The average molecular weight is 275 g/mol. The van der Waals surface area contributed by atoms with E-state index in [4.69, 9.17) is 0 Å². The van der Waals surface area contributed by atoms with Crippen LogP contribution in [0.3, 0.4) is 0 Å². The van der Waals surface area contributed by atoms with Crippen molar-refractivity contribution >= 4 is 11.6 Å². The molecule has 1 aliphatic heterocycles. The largest absolute Gasteiger partial charge is 0.384 e. The fourth-order valence-corrected chi connectivity index (χ4v) is 2.43. The lowest BCUT2D eigenvalue weighted by Crippen LogP contribution is -2.37. The quantitative estimate of drug-likeness (QED) is 0.836. The topological polar surface area (TPSA) is 44.4 Å². The molecule has 1 atom stereocenters. The summed E-state index contributed by atoms with van der Waals surface area (Å²) >= 11 is 0. The summed E-state index contributed by atoms with van der Waals surface area (Å²) < 4.78 is 0. The maximum Gasteiger partial charge on any atom is 0.251 e. The Bertz CT molecular complexity index is 473. The molecule has 1 aliphatic rings. The molecular formula is C16H25N3O. The van der Waals surface area contributed by atoms with Crippen molar-refractivity contribution in [2.24, 2.45) is 0 Å². The molecule has 4 nitrogen and oxygen atoms in total. The first-order chi connectivity index (χ1) is 9.61. The van der Waals surface area contributed by atoms with Crippen molar-refractivity contribution in [1.29, 1.82) is 0 Å². The van der Waals surface area contributed by atoms with Gasteiger partial charge in [0.15, 0.2) is 0 Å². The van der Waals surface area contributed by atoms with Gasteiger partial charge in [0.25, 0.3) is 5.91 Å². The van der Waals surface area contributed by atoms with Crippen molar-refractivity contribution in [2.75, 3.05) is 32.0 Å². The van der Waals surface area contributed by atoms with Crippen molar-refractivity contribution < 1.29 is 4.79 Å². The predicted molar refractivity (Wildman–Crippen MR) is 83.4 cm³/mol. The van der Waals surface area contributed by atoms with Crippen molar-refractivity contribution in [3.05, 3.63) is 29.3 Å². The highest BCUT2D eigenvalue weighted by molar-refractivity contribution is 5.95. The second-order valence-electron chi connectivity index (χ2n) is 5.54. The average Bonchev–Trinajstić information content (AvgIpc) is 2.93. The molecule has 1 amide bonds. The Hall–Kier alpha value is -1.55. The van der Waals surface area contributed by atoms with E-state index in [-0.39, 0.29) is 5.91 Å². The van der Waals surface area contributed by atoms with Crippen molar-refractivity contribution in [1.82, 2.24) is 10.2 Å². The molecule has 0 saturated carbocycles. The number of hydrogen-bond acceptors (Lipinski definition) is 3. The third kappa shape index (κ3) is 3.51. The second-order valence-corrected chi connectivity index (χ2v) is 5.54. The number of hydrogen-bond donors (Lipinski definition) is 2. The molecule has 1 aromatic rings. The van der Waals surface area contributed by atoms with Crippen LogP contribution in [0.15, 0.2) is 18.2 Å². The predicted octanol–water partition coefficient (Wildman–Crippen LogP) is 2.11. The van der Waals surface area contributed by atoms with E-state index < -0.39 is 0 Å². The molecule has 0 radical (unpaired) electrons. The van der Waals surface area contributed by atoms with Crippen LogP contribution in [-0.2, 0) is 6.42 Å². The Labute approximate surface area is 121 Å². The zero-order valence-electron chi connectivity index (χ0n) is 12.7. The highest BCUT2D eigenvalue weighted by Crippen LogP contribution is 2.22. The first kappa shape index (κ1) is 14.9. The zero-order valence-corrected chi connectivity index (χ0v) is 12.7. The van der Waals surface area contributed by atoms with Gasteiger partial charge in [0, 0.05) is 36.9 Å². The summed E-state index contributed by atoms with van der Waals surface area (Å²) in [5.41, 5.74) is 3.17. The van der Waals surface area contributed by atoms with E-state index in [1.807, 2.05) is 18.2 Å². The van der Waals surface area contributed by atoms with E-state index in [0.29, 0.717) is 12.6 Å². The molecule has 20 heavy (non-hydrogen) atoms. The normalized spacial score (nSPS) is 14.8. The fourth-order valence-electron chi connectivity index (χ4n) is 2.43. The number of benzene rings is 1. The maximum absolute atomic E-state index is 12.1. The van der Waals surface area contributed by atoms with Crippen molar-refractivity contribution in [3.63, 3.8) is 0 Å². The number of nitrogens with one attached hydrogen (secondary N) is 2. The van der Waals surface area contributed by atoms with Gasteiger partial charge in [-0.25, -0.2) is 0 Å². The lowest BCUT2D eigenvalue weighted by Gasteiger charge is -2.23. The molecule has 4 heteroatoms. The molecule has 0 spiro atoms. The molecule has 0 aromatic heterocycles. The van der Waals surface area contributed by atoms with Gasteiger partial charge in [0.1, 0.15) is 0 Å². The maximum atomic E-state index is 12.1. The number of carbonyl (C=O) groups is 1. The Morgan fingerprint density at radius 3 is 3.05 bits per heavy atom. The van der Waals surface area contributed by atoms with Crippen LogP contribution in [0, 0.1) is 0 Å². The number of nitrogens with zero attached hydrogens (tertiary/aromatic N) is 1. The molecule has 0 fully saturated rings. The van der Waals surface area contributed by atoms with Crippen LogP contribution in [-0.4, -0.2) is 43.5 Å². The number of rotatable bonds is 6. The number of fused-ring (bicyclic) bond motifs is 1. The van der Waals surface area contributed by atoms with E-state index in [9.17, 15) is 4.79 Å². The van der Waals surface area contributed by atoms with Gasteiger partial charge in [-0.2, -0.15) is 0 Å². The van der Waals surface area contributed by atoms with Gasteiger partial charge < -0.3 is 15.5 Å².